The number of alkyl halides is 2. The van der Waals surface area contributed by atoms with Gasteiger partial charge in [-0.1, -0.05) is 0 Å². The third-order valence-corrected chi connectivity index (χ3v) is 7.09. The second-order valence-electron chi connectivity index (χ2n) is 5.75. The average Bonchev–Trinajstić information content (AvgIpc) is 2.54. The Bertz CT molecular complexity index is 990. The Morgan fingerprint density at radius 3 is 2.16 bits per heavy atom. The monoisotopic (exact) mass is 535 g/mol. The van der Waals surface area contributed by atoms with Gasteiger partial charge in [-0.15, -0.1) is 0 Å². The SMILES string of the molecule is C[C@@H](O[C@](COP(=O)(O)OP(=O)(O)OP(=O)(O)O)(C(O)O)C(F)F)n1ccc(N)nc1=O. The standard InChI is InChI=1S/C10H18F2N3O14P3/c1-5(15-3-2-6(13)14-9(15)18)27-10(7(11)12,8(16)17)4-26-31(22,23)29-32(24,25)28-30(19,20)21/h2-3,5,7-8,16-17H,4H2,1H3,(H,22,23)(H,24,25)(H2,13,14,18)(H2,19,20,21)/t5-,10+/m1/s1. The zero-order valence-electron chi connectivity index (χ0n) is 15.6. The highest BCUT2D eigenvalue weighted by atomic mass is 31.3. The van der Waals surface area contributed by atoms with Gasteiger partial charge in [0.05, 0.1) is 6.61 Å². The number of nitrogen functional groups attached to an aromatic ring is 1. The normalized spacial score (nSPS) is 19.3. The Labute approximate surface area is 176 Å². The van der Waals surface area contributed by atoms with Gasteiger partial charge in [0.15, 0.2) is 6.29 Å². The molecule has 0 fully saturated rings. The molecule has 8 N–H and O–H groups in total. The minimum atomic E-state index is -5.97. The second-order valence-corrected chi connectivity index (χ2v) is 10.2. The van der Waals surface area contributed by atoms with Gasteiger partial charge >= 0.3 is 29.2 Å². The number of nitrogens with zero attached hydrogens (tertiary/aromatic N) is 2. The predicted octanol–water partition coefficient (Wildman–Crippen LogP) is -0.982. The van der Waals surface area contributed by atoms with Crippen molar-refractivity contribution in [1.82, 2.24) is 9.55 Å². The lowest BCUT2D eigenvalue weighted by molar-refractivity contribution is -0.291. The summed E-state index contributed by atoms with van der Waals surface area (Å²) < 4.78 is 77.2. The molecule has 0 aliphatic rings. The van der Waals surface area contributed by atoms with E-state index < -0.39 is 60.3 Å². The first-order chi connectivity index (χ1) is 14.3. The minimum Gasteiger partial charge on any atom is -0.383 e. The van der Waals surface area contributed by atoms with Crippen molar-refractivity contribution in [3.8, 4) is 0 Å². The molecule has 0 bridgehead atoms. The van der Waals surface area contributed by atoms with E-state index in [0.717, 1.165) is 19.2 Å². The number of ether oxygens (including phenoxy) is 1. The number of phosphoric ester groups is 1. The van der Waals surface area contributed by atoms with Crippen LogP contribution in [-0.4, -0.2) is 64.3 Å². The van der Waals surface area contributed by atoms with Crippen LogP contribution in [0.25, 0.3) is 0 Å². The molecule has 2 unspecified atom stereocenters. The van der Waals surface area contributed by atoms with Gasteiger partial charge in [-0.05, 0) is 13.0 Å². The minimum absolute atomic E-state index is 0.242. The first-order valence-electron chi connectivity index (χ1n) is 7.75. The molecule has 0 aromatic carbocycles. The van der Waals surface area contributed by atoms with Crippen LogP contribution in [-0.2, 0) is 31.6 Å². The molecule has 186 valence electrons. The first-order valence-corrected chi connectivity index (χ1v) is 12.3. The number of halogens is 2. The van der Waals surface area contributed by atoms with E-state index in [-0.39, 0.29) is 5.82 Å². The van der Waals surface area contributed by atoms with Crippen LogP contribution in [0.3, 0.4) is 0 Å². The topological polar surface area (TPSA) is 270 Å². The Balaban J connectivity index is 3.14. The fourth-order valence-corrected chi connectivity index (χ4v) is 5.02. The number of hydrogen-bond acceptors (Lipinski definition) is 12. The van der Waals surface area contributed by atoms with E-state index in [0.29, 0.717) is 4.57 Å². The molecule has 1 heterocycles. The van der Waals surface area contributed by atoms with Crippen molar-refractivity contribution in [2.75, 3.05) is 12.3 Å². The lowest BCUT2D eigenvalue weighted by Crippen LogP contribution is -2.55. The number of anilines is 1. The van der Waals surface area contributed by atoms with Gasteiger partial charge in [0.25, 0.3) is 6.43 Å². The fourth-order valence-electron chi connectivity index (χ4n) is 1.96. The van der Waals surface area contributed by atoms with E-state index in [1.165, 1.54) is 0 Å². The molecule has 22 heteroatoms. The van der Waals surface area contributed by atoms with Crippen LogP contribution in [0.1, 0.15) is 13.2 Å². The van der Waals surface area contributed by atoms with Crippen molar-refractivity contribution in [1.29, 1.82) is 0 Å². The van der Waals surface area contributed by atoms with Gasteiger partial charge in [-0.2, -0.15) is 13.6 Å². The van der Waals surface area contributed by atoms with Crippen molar-refractivity contribution in [2.24, 2.45) is 0 Å². The molecule has 17 nitrogen and oxygen atoms in total. The highest BCUT2D eigenvalue weighted by Gasteiger charge is 2.52. The van der Waals surface area contributed by atoms with E-state index in [1.54, 1.807) is 0 Å². The van der Waals surface area contributed by atoms with E-state index in [4.69, 9.17) is 25.2 Å². The number of aromatic nitrogens is 2. The zero-order chi connectivity index (χ0) is 25.1. The number of aliphatic hydroxyl groups excluding tert-OH is 1. The Hall–Kier alpha value is -1.17. The van der Waals surface area contributed by atoms with Crippen LogP contribution in [0.15, 0.2) is 17.1 Å². The molecule has 0 radical (unpaired) electrons. The van der Waals surface area contributed by atoms with Crippen molar-refractivity contribution in [3.63, 3.8) is 0 Å². The van der Waals surface area contributed by atoms with Crippen LogP contribution in [0.4, 0.5) is 14.6 Å². The number of rotatable bonds is 12. The zero-order valence-corrected chi connectivity index (χ0v) is 18.3. The van der Waals surface area contributed by atoms with Crippen LogP contribution in [0.2, 0.25) is 0 Å². The number of phosphoric acid groups is 3. The molecule has 4 atom stereocenters. The first kappa shape index (κ1) is 28.9. The Morgan fingerprint density at radius 2 is 1.72 bits per heavy atom. The lowest BCUT2D eigenvalue weighted by atomic mass is 10.1. The fraction of sp³-hybridized carbons (Fsp3) is 0.600. The molecule has 0 spiro atoms. The Kier molecular flexibility index (Phi) is 9.38. The van der Waals surface area contributed by atoms with Gasteiger partial charge in [0, 0.05) is 6.20 Å². The van der Waals surface area contributed by atoms with E-state index >= 15 is 0 Å². The molecule has 0 saturated heterocycles. The van der Waals surface area contributed by atoms with Crippen molar-refractivity contribution >= 4 is 29.3 Å². The summed E-state index contributed by atoms with van der Waals surface area (Å²) >= 11 is 0. The maximum atomic E-state index is 13.7. The highest BCUT2D eigenvalue weighted by molar-refractivity contribution is 7.66. The summed E-state index contributed by atoms with van der Waals surface area (Å²) in [7, 11) is -17.6. The summed E-state index contributed by atoms with van der Waals surface area (Å²) in [5.41, 5.74) is 0.601. The van der Waals surface area contributed by atoms with Crippen LogP contribution in [0.5, 0.6) is 0 Å². The molecule has 0 saturated carbocycles. The van der Waals surface area contributed by atoms with E-state index in [9.17, 15) is 42.4 Å². The molecule has 1 aromatic heterocycles. The summed E-state index contributed by atoms with van der Waals surface area (Å²) in [4.78, 5) is 50.4. The molecule has 0 amide bonds. The summed E-state index contributed by atoms with van der Waals surface area (Å²) in [6.07, 6.45) is -7.84. The molecule has 1 aromatic rings. The molecular formula is C10H18F2N3O14P3. The highest BCUT2D eigenvalue weighted by Crippen LogP contribution is 2.66. The number of hydrogen-bond donors (Lipinski definition) is 7. The van der Waals surface area contributed by atoms with E-state index in [2.05, 4.69) is 18.1 Å². The maximum absolute atomic E-state index is 13.7. The summed E-state index contributed by atoms with van der Waals surface area (Å²) in [6.45, 7) is -0.961. The predicted molar refractivity (Wildman–Crippen MR) is 95.5 cm³/mol. The number of nitrogens with two attached hydrogens (primary N) is 1. The van der Waals surface area contributed by atoms with Gasteiger partial charge in [-0.3, -0.25) is 9.09 Å². The van der Waals surface area contributed by atoms with Crippen LogP contribution in [0, 0.1) is 0 Å². The summed E-state index contributed by atoms with van der Waals surface area (Å²) in [5, 5.41) is 18.9. The molecule has 1 rings (SSSR count). The van der Waals surface area contributed by atoms with Gasteiger partial charge < -0.3 is 40.3 Å². The number of aliphatic hydroxyl groups is 2. The summed E-state index contributed by atoms with van der Waals surface area (Å²) in [5.74, 6) is -0.242. The van der Waals surface area contributed by atoms with Gasteiger partial charge in [0.1, 0.15) is 12.0 Å². The quantitative estimate of drug-likeness (QED) is 0.125. The second kappa shape index (κ2) is 10.4. The maximum Gasteiger partial charge on any atom is 0.490 e. The molecular weight excluding hydrogens is 517 g/mol. The lowest BCUT2D eigenvalue weighted by Gasteiger charge is -2.36. The molecule has 32 heavy (non-hydrogen) atoms. The van der Waals surface area contributed by atoms with E-state index in [1.807, 2.05) is 0 Å². The van der Waals surface area contributed by atoms with Crippen molar-refractivity contribution < 1.29 is 70.1 Å². The average molecular weight is 535 g/mol. The van der Waals surface area contributed by atoms with Crippen LogP contribution < -0.4 is 11.4 Å². The third kappa shape index (κ3) is 8.31. The molecule has 0 aliphatic heterocycles. The van der Waals surface area contributed by atoms with Crippen LogP contribution >= 0.6 is 23.5 Å². The smallest absolute Gasteiger partial charge is 0.383 e. The molecule has 0 aliphatic carbocycles. The Morgan fingerprint density at radius 1 is 1.16 bits per heavy atom. The third-order valence-electron chi connectivity index (χ3n) is 3.31. The largest absolute Gasteiger partial charge is 0.490 e. The van der Waals surface area contributed by atoms with Crippen molar-refractivity contribution in [2.45, 2.75) is 31.5 Å². The van der Waals surface area contributed by atoms with Gasteiger partial charge in [0.2, 0.25) is 5.60 Å². The van der Waals surface area contributed by atoms with Crippen molar-refractivity contribution in [3.05, 3.63) is 22.7 Å². The summed E-state index contributed by atoms with van der Waals surface area (Å²) in [6, 6.07) is 1.06. The van der Waals surface area contributed by atoms with Gasteiger partial charge in [-0.25, -0.2) is 27.3 Å².